The zero-order valence-electron chi connectivity index (χ0n) is 22.9. The van der Waals surface area contributed by atoms with Crippen molar-refractivity contribution in [2.24, 2.45) is 0 Å². The lowest BCUT2D eigenvalue weighted by Crippen LogP contribution is -2.31. The third-order valence-electron chi connectivity index (χ3n) is 7.10. The predicted octanol–water partition coefficient (Wildman–Crippen LogP) is 5.86. The molecule has 1 atom stereocenters. The number of methoxy groups -OCH3 is 1. The monoisotopic (exact) mass is 627 g/mol. The lowest BCUT2D eigenvalue weighted by Gasteiger charge is -2.27. The van der Waals surface area contributed by atoms with E-state index in [1.54, 1.807) is 10.6 Å². The van der Waals surface area contributed by atoms with Gasteiger partial charge in [0.15, 0.2) is 16.6 Å². The van der Waals surface area contributed by atoms with Gasteiger partial charge in [-0.25, -0.2) is 23.5 Å². The summed E-state index contributed by atoms with van der Waals surface area (Å²) in [5.74, 6) is -2.25. The van der Waals surface area contributed by atoms with Gasteiger partial charge in [0, 0.05) is 23.6 Å². The number of imidazole rings is 1. The number of aromatic nitrogens is 5. The minimum Gasteiger partial charge on any atom is -0.478 e. The normalized spacial score (nSPS) is 14.6. The van der Waals surface area contributed by atoms with Crippen molar-refractivity contribution in [3.05, 3.63) is 80.6 Å². The van der Waals surface area contributed by atoms with Crippen LogP contribution in [0, 0.1) is 18.6 Å². The fourth-order valence-corrected chi connectivity index (χ4v) is 5.63. The van der Waals surface area contributed by atoms with Gasteiger partial charge in [-0.05, 0) is 54.8 Å². The van der Waals surface area contributed by atoms with Gasteiger partial charge in [0.2, 0.25) is 0 Å². The summed E-state index contributed by atoms with van der Waals surface area (Å²) in [6.07, 6.45) is 1.00. The first-order chi connectivity index (χ1) is 20.7. The summed E-state index contributed by atoms with van der Waals surface area (Å²) in [5.41, 5.74) is 2.95. The molecule has 222 valence electrons. The quantitative estimate of drug-likeness (QED) is 0.203. The number of benzene rings is 2. The molecule has 1 aliphatic rings. The summed E-state index contributed by atoms with van der Waals surface area (Å²) >= 11 is 7.93. The second-order valence-electron chi connectivity index (χ2n) is 9.92. The van der Waals surface area contributed by atoms with Gasteiger partial charge >= 0.3 is 5.97 Å². The summed E-state index contributed by atoms with van der Waals surface area (Å²) in [6.45, 7) is 2.87. The van der Waals surface area contributed by atoms with Crippen molar-refractivity contribution in [1.29, 1.82) is 0 Å². The van der Waals surface area contributed by atoms with Crippen LogP contribution in [-0.2, 0) is 24.3 Å². The van der Waals surface area contributed by atoms with Crippen molar-refractivity contribution in [3.63, 3.8) is 0 Å². The third-order valence-corrected chi connectivity index (χ3v) is 8.31. The number of fused-ring (bicyclic) bond motifs is 1. The second-order valence-corrected chi connectivity index (χ2v) is 11.4. The highest BCUT2D eigenvalue weighted by molar-refractivity contribution is 7.13. The van der Waals surface area contributed by atoms with E-state index in [4.69, 9.17) is 25.8 Å². The molecule has 0 spiro atoms. The van der Waals surface area contributed by atoms with Gasteiger partial charge in [-0.1, -0.05) is 34.1 Å². The van der Waals surface area contributed by atoms with Crippen molar-refractivity contribution in [1.82, 2.24) is 24.7 Å². The van der Waals surface area contributed by atoms with E-state index in [0.717, 1.165) is 23.6 Å². The minimum absolute atomic E-state index is 0.0332. The van der Waals surface area contributed by atoms with Crippen molar-refractivity contribution in [3.8, 4) is 22.3 Å². The summed E-state index contributed by atoms with van der Waals surface area (Å²) in [6, 6.07) is 8.80. The Kier molecular flexibility index (Phi) is 7.95. The number of carboxylic acid groups (broad SMARTS) is 1. The van der Waals surface area contributed by atoms with Gasteiger partial charge in [0.05, 0.1) is 36.5 Å². The van der Waals surface area contributed by atoms with Crippen molar-refractivity contribution in [2.45, 2.75) is 39.0 Å². The molecule has 0 unspecified atom stereocenters. The Hall–Kier alpha value is -4.20. The molecule has 0 bridgehead atoms. The first kappa shape index (κ1) is 28.9. The molecule has 4 heterocycles. The van der Waals surface area contributed by atoms with Crippen LogP contribution in [0.4, 0.5) is 8.78 Å². The minimum atomic E-state index is -1.23. The number of hydrogen-bond donors (Lipinski definition) is 1. The van der Waals surface area contributed by atoms with Crippen LogP contribution in [0.3, 0.4) is 0 Å². The van der Waals surface area contributed by atoms with Crippen LogP contribution in [0.2, 0.25) is 5.02 Å². The van der Waals surface area contributed by atoms with Crippen molar-refractivity contribution in [2.75, 3.05) is 13.7 Å². The van der Waals surface area contributed by atoms with E-state index in [2.05, 4.69) is 20.2 Å². The molecule has 43 heavy (non-hydrogen) atoms. The maximum absolute atomic E-state index is 14.9. The number of aromatic carboxylic acids is 1. The van der Waals surface area contributed by atoms with Crippen LogP contribution in [-0.4, -0.2) is 55.6 Å². The summed E-state index contributed by atoms with van der Waals surface area (Å²) < 4.78 is 47.5. The summed E-state index contributed by atoms with van der Waals surface area (Å²) in [5, 5.41) is 18.5. The second kappa shape index (κ2) is 11.8. The molecule has 14 heteroatoms. The lowest BCUT2D eigenvalue weighted by molar-refractivity contribution is -0.0589. The van der Waals surface area contributed by atoms with E-state index in [1.807, 2.05) is 13.0 Å². The molecule has 0 saturated carbocycles. The number of nitrogens with zero attached hydrogens (tertiary/aromatic N) is 5. The highest BCUT2D eigenvalue weighted by atomic mass is 35.5. The Morgan fingerprint density at radius 3 is 2.70 bits per heavy atom. The standard InChI is InChI=1S/C29H24ClF2N5O5S/c1-14-7-15(10-24-34-26-21(32)8-16(28(38)39)9-23(26)37(24)12-17-5-6-41-17)19(30)11-18(14)22-4-3-20(31)27(33-22)42-13-25-35-36-29(40-2)43-25/h3-4,7-9,11,17H,5-6,10,12-13H2,1-2H3,(H,38,39)/t17-/m0/s1. The van der Waals surface area contributed by atoms with Gasteiger partial charge in [0.25, 0.3) is 11.1 Å². The van der Waals surface area contributed by atoms with Crippen molar-refractivity contribution < 1.29 is 32.9 Å². The van der Waals surface area contributed by atoms with Gasteiger partial charge in [-0.2, -0.15) is 0 Å². The molecule has 1 fully saturated rings. The van der Waals surface area contributed by atoms with E-state index in [1.165, 1.54) is 36.6 Å². The molecular weight excluding hydrogens is 604 g/mol. The molecule has 1 saturated heterocycles. The Morgan fingerprint density at radius 2 is 2.00 bits per heavy atom. The zero-order chi connectivity index (χ0) is 30.2. The van der Waals surface area contributed by atoms with Crippen LogP contribution in [0.25, 0.3) is 22.3 Å². The third kappa shape index (κ3) is 5.88. The predicted molar refractivity (Wildman–Crippen MR) is 154 cm³/mol. The SMILES string of the molecule is COc1nnc(COc2nc(-c3cc(Cl)c(Cc4nc5c(F)cc(C(=O)O)cc5n4C[C@@H]4CCO4)cc3C)ccc2F)s1. The van der Waals surface area contributed by atoms with Crippen LogP contribution in [0.15, 0.2) is 36.4 Å². The molecule has 0 radical (unpaired) electrons. The van der Waals surface area contributed by atoms with Crippen molar-refractivity contribution >= 4 is 39.9 Å². The molecule has 0 aliphatic carbocycles. The van der Waals surface area contributed by atoms with E-state index < -0.39 is 17.6 Å². The zero-order valence-corrected chi connectivity index (χ0v) is 24.5. The Morgan fingerprint density at radius 1 is 1.19 bits per heavy atom. The number of hydrogen-bond acceptors (Lipinski definition) is 9. The van der Waals surface area contributed by atoms with Crippen LogP contribution < -0.4 is 9.47 Å². The van der Waals surface area contributed by atoms with Gasteiger partial charge in [-0.3, -0.25) is 0 Å². The molecule has 10 nitrogen and oxygen atoms in total. The highest BCUT2D eigenvalue weighted by Gasteiger charge is 2.25. The van der Waals surface area contributed by atoms with E-state index >= 15 is 0 Å². The fraction of sp³-hybridized carbons (Fsp3) is 0.276. The van der Waals surface area contributed by atoms with Crippen LogP contribution in [0.5, 0.6) is 11.1 Å². The van der Waals surface area contributed by atoms with E-state index in [9.17, 15) is 18.7 Å². The molecule has 1 aliphatic heterocycles. The van der Waals surface area contributed by atoms with Crippen LogP contribution >= 0.6 is 22.9 Å². The molecule has 3 aromatic heterocycles. The van der Waals surface area contributed by atoms with E-state index in [-0.39, 0.29) is 36.1 Å². The van der Waals surface area contributed by atoms with Gasteiger partial charge in [0.1, 0.15) is 17.9 Å². The number of ether oxygens (including phenoxy) is 3. The summed E-state index contributed by atoms with van der Waals surface area (Å²) in [7, 11) is 1.48. The topological polar surface area (TPSA) is 121 Å². The maximum Gasteiger partial charge on any atom is 0.335 e. The molecule has 5 aromatic rings. The fourth-order valence-electron chi connectivity index (χ4n) is 4.83. The highest BCUT2D eigenvalue weighted by Crippen LogP contribution is 2.33. The van der Waals surface area contributed by atoms with Crippen LogP contribution in [0.1, 0.15) is 38.7 Å². The molecule has 1 N–H and O–H groups in total. The van der Waals surface area contributed by atoms with E-state index in [0.29, 0.717) is 51.0 Å². The summed E-state index contributed by atoms with van der Waals surface area (Å²) in [4.78, 5) is 20.5. The first-order valence-corrected chi connectivity index (χ1v) is 14.4. The Labute approximate surface area is 252 Å². The number of carbonyl (C=O) groups is 1. The van der Waals surface area contributed by atoms with Gasteiger partial charge in [-0.15, -0.1) is 5.10 Å². The average Bonchev–Trinajstić information content (AvgIpc) is 3.56. The van der Waals surface area contributed by atoms with Gasteiger partial charge < -0.3 is 23.9 Å². The average molecular weight is 628 g/mol. The smallest absolute Gasteiger partial charge is 0.335 e. The molecular formula is C29H24ClF2N5O5S. The first-order valence-electron chi connectivity index (χ1n) is 13.2. The number of rotatable bonds is 10. The number of halogens is 3. The number of carboxylic acids is 1. The Balaban J connectivity index is 1.30. The molecule has 2 aromatic carbocycles. The number of pyridine rings is 1. The lowest BCUT2D eigenvalue weighted by atomic mass is 10.00. The molecule has 0 amide bonds. The molecule has 6 rings (SSSR count). The maximum atomic E-state index is 14.9. The largest absolute Gasteiger partial charge is 0.478 e. The Bertz CT molecular complexity index is 1860. The number of aryl methyl sites for hydroxylation is 1.